The van der Waals surface area contributed by atoms with Crippen molar-refractivity contribution in [3.05, 3.63) is 58.1 Å². The van der Waals surface area contributed by atoms with Crippen LogP contribution < -0.4 is 15.5 Å². The van der Waals surface area contributed by atoms with Gasteiger partial charge in [-0.25, -0.2) is 0 Å². The first kappa shape index (κ1) is 15.8. The maximum atomic E-state index is 12.0. The number of rotatable bonds is 5. The zero-order chi connectivity index (χ0) is 16.1. The van der Waals surface area contributed by atoms with Crippen molar-refractivity contribution < 1.29 is 13.9 Å². The number of hydrogen-bond acceptors (Lipinski definition) is 4. The Labute approximate surface area is 128 Å². The van der Waals surface area contributed by atoms with Gasteiger partial charge in [-0.3, -0.25) is 9.59 Å². The van der Waals surface area contributed by atoms with E-state index in [-0.39, 0.29) is 23.7 Å². The van der Waals surface area contributed by atoms with Gasteiger partial charge < -0.3 is 14.5 Å². The summed E-state index contributed by atoms with van der Waals surface area (Å²) in [5.74, 6) is 0.384. The van der Waals surface area contributed by atoms with Crippen molar-refractivity contribution in [2.45, 2.75) is 26.7 Å². The topological polar surface area (TPSA) is 68.5 Å². The largest absolute Gasteiger partial charge is 0.476 e. The Hall–Kier alpha value is -2.56. The standard InChI is InChI=1S/C17H19NO4/c1-11(2)13-6-4-5-7-14(13)18-16(20)10-22-17-12(3)21-9-8-15(17)19/h4-9,11H,10H2,1-3H3,(H,18,20). The lowest BCUT2D eigenvalue weighted by Gasteiger charge is -2.14. The van der Waals surface area contributed by atoms with Crippen LogP contribution in [0.1, 0.15) is 31.1 Å². The van der Waals surface area contributed by atoms with E-state index in [0.29, 0.717) is 11.7 Å². The zero-order valence-electron chi connectivity index (χ0n) is 12.9. The lowest BCUT2D eigenvalue weighted by atomic mass is 10.0. The van der Waals surface area contributed by atoms with E-state index in [0.717, 1.165) is 11.3 Å². The Morgan fingerprint density at radius 3 is 2.68 bits per heavy atom. The zero-order valence-corrected chi connectivity index (χ0v) is 12.9. The first-order chi connectivity index (χ1) is 10.5. The average Bonchev–Trinajstić information content (AvgIpc) is 2.47. The molecule has 0 bridgehead atoms. The Kier molecular flexibility index (Phi) is 4.99. The third kappa shape index (κ3) is 3.75. The minimum absolute atomic E-state index is 0.0646. The molecule has 22 heavy (non-hydrogen) atoms. The second-order valence-electron chi connectivity index (χ2n) is 5.25. The van der Waals surface area contributed by atoms with Gasteiger partial charge in [-0.2, -0.15) is 0 Å². The molecule has 0 saturated carbocycles. The average molecular weight is 301 g/mol. The maximum Gasteiger partial charge on any atom is 0.262 e. The SMILES string of the molecule is Cc1occc(=O)c1OCC(=O)Nc1ccccc1C(C)C. The van der Waals surface area contributed by atoms with E-state index >= 15 is 0 Å². The number of carbonyl (C=O) groups is 1. The Balaban J connectivity index is 2.04. The molecule has 0 unspecified atom stereocenters. The number of para-hydroxylation sites is 1. The molecule has 0 atom stereocenters. The van der Waals surface area contributed by atoms with Crippen molar-refractivity contribution in [2.75, 3.05) is 11.9 Å². The van der Waals surface area contributed by atoms with E-state index in [2.05, 4.69) is 19.2 Å². The molecule has 5 heteroatoms. The van der Waals surface area contributed by atoms with Crippen molar-refractivity contribution in [3.63, 3.8) is 0 Å². The van der Waals surface area contributed by atoms with Gasteiger partial charge in [0.05, 0.1) is 6.26 Å². The van der Waals surface area contributed by atoms with E-state index < -0.39 is 0 Å². The molecule has 0 saturated heterocycles. The van der Waals surface area contributed by atoms with Gasteiger partial charge >= 0.3 is 0 Å². The molecule has 1 amide bonds. The van der Waals surface area contributed by atoms with Crippen molar-refractivity contribution in [3.8, 4) is 5.75 Å². The Morgan fingerprint density at radius 1 is 1.27 bits per heavy atom. The highest BCUT2D eigenvalue weighted by Crippen LogP contribution is 2.23. The number of aryl methyl sites for hydroxylation is 1. The normalized spacial score (nSPS) is 10.5. The van der Waals surface area contributed by atoms with Crippen LogP contribution in [0.3, 0.4) is 0 Å². The third-order valence-corrected chi connectivity index (χ3v) is 3.21. The molecule has 5 nitrogen and oxygen atoms in total. The summed E-state index contributed by atoms with van der Waals surface area (Å²) in [5.41, 5.74) is 1.49. The monoisotopic (exact) mass is 301 g/mol. The lowest BCUT2D eigenvalue weighted by Crippen LogP contribution is -2.23. The molecule has 0 radical (unpaired) electrons. The number of carbonyl (C=O) groups excluding carboxylic acids is 1. The Bertz CT molecular complexity index is 719. The molecule has 116 valence electrons. The summed E-state index contributed by atoms with van der Waals surface area (Å²) in [6, 6.07) is 8.86. The maximum absolute atomic E-state index is 12.0. The van der Waals surface area contributed by atoms with Crippen molar-refractivity contribution in [2.24, 2.45) is 0 Å². The molecule has 0 spiro atoms. The summed E-state index contributed by atoms with van der Waals surface area (Å²) in [7, 11) is 0. The second kappa shape index (κ2) is 6.93. The smallest absolute Gasteiger partial charge is 0.262 e. The fourth-order valence-electron chi connectivity index (χ4n) is 2.11. The highest BCUT2D eigenvalue weighted by Gasteiger charge is 2.12. The number of hydrogen-bond donors (Lipinski definition) is 1. The lowest BCUT2D eigenvalue weighted by molar-refractivity contribution is -0.118. The van der Waals surface area contributed by atoms with Gasteiger partial charge in [-0.05, 0) is 24.5 Å². The molecule has 1 aromatic heterocycles. The molecular weight excluding hydrogens is 282 g/mol. The number of amides is 1. The molecule has 1 N–H and O–H groups in total. The summed E-state index contributed by atoms with van der Waals surface area (Å²) in [6.07, 6.45) is 1.30. The van der Waals surface area contributed by atoms with Gasteiger partial charge in [0.1, 0.15) is 5.76 Å². The highest BCUT2D eigenvalue weighted by molar-refractivity contribution is 5.92. The third-order valence-electron chi connectivity index (χ3n) is 3.21. The quantitative estimate of drug-likeness (QED) is 0.921. The van der Waals surface area contributed by atoms with Gasteiger partial charge in [-0.1, -0.05) is 32.0 Å². The van der Waals surface area contributed by atoms with E-state index in [1.165, 1.54) is 12.3 Å². The number of anilines is 1. The fraction of sp³-hybridized carbons (Fsp3) is 0.294. The predicted molar refractivity (Wildman–Crippen MR) is 84.4 cm³/mol. The first-order valence-electron chi connectivity index (χ1n) is 7.09. The van der Waals surface area contributed by atoms with Crippen molar-refractivity contribution in [1.82, 2.24) is 0 Å². The van der Waals surface area contributed by atoms with Crippen molar-refractivity contribution >= 4 is 11.6 Å². The van der Waals surface area contributed by atoms with Crippen molar-refractivity contribution in [1.29, 1.82) is 0 Å². The van der Waals surface area contributed by atoms with Gasteiger partial charge in [0.15, 0.2) is 6.61 Å². The minimum atomic E-state index is -0.323. The van der Waals surface area contributed by atoms with Crippen LogP contribution in [0.15, 0.2) is 45.8 Å². The van der Waals surface area contributed by atoms with E-state index in [9.17, 15) is 9.59 Å². The van der Waals surface area contributed by atoms with E-state index in [1.54, 1.807) is 6.92 Å². The molecule has 0 aliphatic rings. The molecule has 0 aliphatic heterocycles. The number of benzene rings is 1. The molecule has 0 fully saturated rings. The van der Waals surface area contributed by atoms with Gasteiger partial charge in [-0.15, -0.1) is 0 Å². The van der Waals surface area contributed by atoms with E-state index in [1.807, 2.05) is 24.3 Å². The van der Waals surface area contributed by atoms with Crippen LogP contribution in [0.4, 0.5) is 5.69 Å². The molecule has 1 heterocycles. The van der Waals surface area contributed by atoms with Gasteiger partial charge in [0, 0.05) is 11.8 Å². The van der Waals surface area contributed by atoms with Gasteiger partial charge in [0.2, 0.25) is 11.2 Å². The second-order valence-corrected chi connectivity index (χ2v) is 5.25. The van der Waals surface area contributed by atoms with Crippen LogP contribution in [0.25, 0.3) is 0 Å². The van der Waals surface area contributed by atoms with Crippen LogP contribution in [0.5, 0.6) is 5.75 Å². The first-order valence-corrected chi connectivity index (χ1v) is 7.09. The van der Waals surface area contributed by atoms with Gasteiger partial charge in [0.25, 0.3) is 5.91 Å². The number of nitrogens with one attached hydrogen (secondary N) is 1. The number of ether oxygens (including phenoxy) is 1. The summed E-state index contributed by atoms with van der Waals surface area (Å²) in [6.45, 7) is 5.48. The molecular formula is C17H19NO4. The van der Waals surface area contributed by atoms with E-state index in [4.69, 9.17) is 9.15 Å². The Morgan fingerprint density at radius 2 is 2.00 bits per heavy atom. The van der Waals surface area contributed by atoms with Crippen LogP contribution >= 0.6 is 0 Å². The summed E-state index contributed by atoms with van der Waals surface area (Å²) in [4.78, 5) is 23.7. The summed E-state index contributed by atoms with van der Waals surface area (Å²) >= 11 is 0. The highest BCUT2D eigenvalue weighted by atomic mass is 16.5. The molecule has 0 aliphatic carbocycles. The fourth-order valence-corrected chi connectivity index (χ4v) is 2.11. The molecule has 2 rings (SSSR count). The summed E-state index contributed by atoms with van der Waals surface area (Å²) in [5, 5.41) is 2.80. The minimum Gasteiger partial charge on any atom is -0.476 e. The van der Waals surface area contributed by atoms with Crippen LogP contribution in [-0.4, -0.2) is 12.5 Å². The van der Waals surface area contributed by atoms with Crippen LogP contribution in [0.2, 0.25) is 0 Å². The molecule has 2 aromatic rings. The van der Waals surface area contributed by atoms with Crippen LogP contribution in [0, 0.1) is 6.92 Å². The summed E-state index contributed by atoms with van der Waals surface area (Å²) < 4.78 is 10.4. The van der Waals surface area contributed by atoms with Crippen LogP contribution in [-0.2, 0) is 4.79 Å². The predicted octanol–water partition coefficient (Wildman–Crippen LogP) is 3.09. The molecule has 1 aromatic carbocycles.